The molecule has 5 heteroatoms. The maximum Gasteiger partial charge on any atom is 0.225 e. The quantitative estimate of drug-likeness (QED) is 0.912. The maximum absolute atomic E-state index is 13.3. The lowest BCUT2D eigenvalue weighted by atomic mass is 10.00. The zero-order chi connectivity index (χ0) is 13.4. The molecule has 0 bridgehead atoms. The van der Waals surface area contributed by atoms with E-state index in [0.29, 0.717) is 10.9 Å². The van der Waals surface area contributed by atoms with Gasteiger partial charge in [-0.3, -0.25) is 4.79 Å². The molecule has 1 heterocycles. The van der Waals surface area contributed by atoms with Crippen molar-refractivity contribution in [3.05, 3.63) is 34.1 Å². The van der Waals surface area contributed by atoms with Crippen molar-refractivity contribution in [3.8, 4) is 0 Å². The van der Waals surface area contributed by atoms with Crippen LogP contribution >= 0.6 is 15.9 Å². The largest absolute Gasteiger partial charge is 0.332 e. The molecule has 2 unspecified atom stereocenters. The Bertz CT molecular complexity index is 478. The minimum atomic E-state index is -0.312. The summed E-state index contributed by atoms with van der Waals surface area (Å²) in [5, 5.41) is 0. The predicted molar refractivity (Wildman–Crippen MR) is 71.4 cm³/mol. The van der Waals surface area contributed by atoms with Gasteiger partial charge < -0.3 is 10.6 Å². The summed E-state index contributed by atoms with van der Waals surface area (Å²) < 4.78 is 13.7. The number of carbonyl (C=O) groups is 1. The monoisotopic (exact) mass is 314 g/mol. The van der Waals surface area contributed by atoms with E-state index in [-0.39, 0.29) is 29.8 Å². The van der Waals surface area contributed by atoms with Crippen molar-refractivity contribution in [1.29, 1.82) is 0 Å². The molecule has 0 radical (unpaired) electrons. The molecule has 1 amide bonds. The van der Waals surface area contributed by atoms with Crippen molar-refractivity contribution in [2.24, 2.45) is 5.73 Å². The molecule has 1 aromatic carbocycles. The van der Waals surface area contributed by atoms with E-state index in [4.69, 9.17) is 5.73 Å². The highest BCUT2D eigenvalue weighted by molar-refractivity contribution is 9.10. The summed E-state index contributed by atoms with van der Waals surface area (Å²) in [5.74, 6) is -0.254. The lowest BCUT2D eigenvalue weighted by molar-refractivity contribution is -0.130. The third-order valence-corrected chi connectivity index (χ3v) is 3.85. The summed E-state index contributed by atoms with van der Waals surface area (Å²) in [6, 6.07) is 4.46. The molecule has 0 aromatic heterocycles. The van der Waals surface area contributed by atoms with Gasteiger partial charge in [0.25, 0.3) is 0 Å². The zero-order valence-electron chi connectivity index (χ0n) is 10.4. The Morgan fingerprint density at radius 3 is 2.72 bits per heavy atom. The summed E-state index contributed by atoms with van der Waals surface area (Å²) in [6.07, 6.45) is 0.345. The number of carbonyl (C=O) groups excluding carboxylic acids is 1. The second-order valence-electron chi connectivity index (χ2n) is 4.88. The number of amides is 1. The zero-order valence-corrected chi connectivity index (χ0v) is 11.9. The van der Waals surface area contributed by atoms with Crippen LogP contribution in [0.15, 0.2) is 22.7 Å². The molecule has 0 saturated carbocycles. The van der Waals surface area contributed by atoms with E-state index < -0.39 is 0 Å². The van der Waals surface area contributed by atoms with Gasteiger partial charge in [-0.25, -0.2) is 4.39 Å². The summed E-state index contributed by atoms with van der Waals surface area (Å²) in [5.41, 5.74) is 6.92. The Labute approximate surface area is 114 Å². The number of hydrogen-bond donors (Lipinski definition) is 1. The highest BCUT2D eigenvalue weighted by Crippen LogP contribution is 2.35. The smallest absolute Gasteiger partial charge is 0.225 e. The molecule has 2 N–H and O–H groups in total. The molecule has 2 atom stereocenters. The van der Waals surface area contributed by atoms with Crippen LogP contribution in [0.5, 0.6) is 0 Å². The van der Waals surface area contributed by atoms with Gasteiger partial charge in [-0.05, 0) is 47.5 Å². The van der Waals surface area contributed by atoms with Gasteiger partial charge in [0, 0.05) is 18.5 Å². The van der Waals surface area contributed by atoms with Gasteiger partial charge in [0.05, 0.1) is 10.5 Å². The molecule has 1 aliphatic heterocycles. The Balaban J connectivity index is 2.40. The molecular formula is C13H16BrFN2O. The number of likely N-dealkylation sites (tertiary alicyclic amines) is 1. The third kappa shape index (κ3) is 2.29. The van der Waals surface area contributed by atoms with Crippen LogP contribution in [0.1, 0.15) is 31.9 Å². The van der Waals surface area contributed by atoms with E-state index in [1.165, 1.54) is 6.07 Å². The SMILES string of the molecule is CC(C)N1C(=O)CC(N)C1c1ccc(F)c(Br)c1. The molecule has 2 rings (SSSR count). The first-order valence-corrected chi connectivity index (χ1v) is 6.72. The molecule has 1 aliphatic rings. The Kier molecular flexibility index (Phi) is 3.73. The third-order valence-electron chi connectivity index (χ3n) is 3.25. The van der Waals surface area contributed by atoms with Crippen LogP contribution in [0.3, 0.4) is 0 Å². The van der Waals surface area contributed by atoms with Crippen LogP contribution in [0.4, 0.5) is 4.39 Å². The normalized spacial score (nSPS) is 24.1. The fourth-order valence-corrected chi connectivity index (χ4v) is 2.89. The van der Waals surface area contributed by atoms with Crippen LogP contribution in [0.25, 0.3) is 0 Å². The van der Waals surface area contributed by atoms with Crippen LogP contribution in [-0.2, 0) is 4.79 Å². The predicted octanol–water partition coefficient (Wildman–Crippen LogP) is 2.60. The van der Waals surface area contributed by atoms with E-state index in [2.05, 4.69) is 15.9 Å². The Hall–Kier alpha value is -0.940. The van der Waals surface area contributed by atoms with Gasteiger partial charge in [0.2, 0.25) is 5.91 Å². The van der Waals surface area contributed by atoms with Crippen molar-refractivity contribution in [1.82, 2.24) is 4.90 Å². The topological polar surface area (TPSA) is 46.3 Å². The van der Waals surface area contributed by atoms with Crippen LogP contribution in [0.2, 0.25) is 0 Å². The van der Waals surface area contributed by atoms with Crippen molar-refractivity contribution in [2.75, 3.05) is 0 Å². The second kappa shape index (κ2) is 4.97. The highest BCUT2D eigenvalue weighted by atomic mass is 79.9. The number of nitrogens with two attached hydrogens (primary N) is 1. The van der Waals surface area contributed by atoms with E-state index >= 15 is 0 Å². The second-order valence-corrected chi connectivity index (χ2v) is 5.74. The van der Waals surface area contributed by atoms with E-state index in [1.54, 1.807) is 17.0 Å². The molecule has 1 aromatic rings. The van der Waals surface area contributed by atoms with Crippen molar-refractivity contribution in [3.63, 3.8) is 0 Å². The highest BCUT2D eigenvalue weighted by Gasteiger charge is 2.39. The first kappa shape index (κ1) is 13.5. The molecular weight excluding hydrogens is 299 g/mol. The molecule has 18 heavy (non-hydrogen) atoms. The molecule has 1 fully saturated rings. The molecule has 3 nitrogen and oxygen atoms in total. The van der Waals surface area contributed by atoms with Crippen molar-refractivity contribution < 1.29 is 9.18 Å². The van der Waals surface area contributed by atoms with E-state index in [0.717, 1.165) is 5.56 Å². The van der Waals surface area contributed by atoms with Gasteiger partial charge in [0.15, 0.2) is 0 Å². The molecule has 0 aliphatic carbocycles. The Morgan fingerprint density at radius 1 is 1.50 bits per heavy atom. The van der Waals surface area contributed by atoms with Crippen LogP contribution in [-0.4, -0.2) is 22.9 Å². The molecule has 1 saturated heterocycles. The first-order valence-electron chi connectivity index (χ1n) is 5.93. The first-order chi connectivity index (χ1) is 8.41. The van der Waals surface area contributed by atoms with E-state index in [1.807, 2.05) is 13.8 Å². The summed E-state index contributed by atoms with van der Waals surface area (Å²) in [6.45, 7) is 3.92. The number of hydrogen-bond acceptors (Lipinski definition) is 2. The van der Waals surface area contributed by atoms with Gasteiger partial charge in [-0.15, -0.1) is 0 Å². The van der Waals surface area contributed by atoms with Gasteiger partial charge in [0.1, 0.15) is 5.82 Å². The van der Waals surface area contributed by atoms with Crippen LogP contribution in [0, 0.1) is 5.82 Å². The van der Waals surface area contributed by atoms with Gasteiger partial charge in [-0.2, -0.15) is 0 Å². The minimum absolute atomic E-state index is 0.0583. The van der Waals surface area contributed by atoms with Gasteiger partial charge >= 0.3 is 0 Å². The average Bonchev–Trinajstić information content (AvgIpc) is 2.57. The summed E-state index contributed by atoms with van der Waals surface area (Å²) in [7, 11) is 0. The van der Waals surface area contributed by atoms with Gasteiger partial charge in [-0.1, -0.05) is 6.07 Å². The average molecular weight is 315 g/mol. The van der Waals surface area contributed by atoms with Crippen molar-refractivity contribution in [2.45, 2.75) is 38.4 Å². The number of halogens is 2. The lowest BCUT2D eigenvalue weighted by Gasteiger charge is -2.30. The molecule has 98 valence electrons. The summed E-state index contributed by atoms with van der Waals surface area (Å²) >= 11 is 3.17. The Morgan fingerprint density at radius 2 is 2.17 bits per heavy atom. The number of rotatable bonds is 2. The number of nitrogens with zero attached hydrogens (tertiary/aromatic N) is 1. The lowest BCUT2D eigenvalue weighted by Crippen LogP contribution is -2.37. The van der Waals surface area contributed by atoms with Crippen molar-refractivity contribution >= 4 is 21.8 Å². The fraction of sp³-hybridized carbons (Fsp3) is 0.462. The van der Waals surface area contributed by atoms with Crippen LogP contribution < -0.4 is 5.73 Å². The standard InChI is InChI=1S/C13H16BrFN2O/c1-7(2)17-12(18)6-11(16)13(17)8-3-4-10(15)9(14)5-8/h3-5,7,11,13H,6,16H2,1-2H3. The minimum Gasteiger partial charge on any atom is -0.332 e. The fourth-order valence-electron chi connectivity index (χ4n) is 2.49. The molecule has 0 spiro atoms. The maximum atomic E-state index is 13.3. The number of benzene rings is 1. The summed E-state index contributed by atoms with van der Waals surface area (Å²) in [4.78, 5) is 13.7. The van der Waals surface area contributed by atoms with E-state index in [9.17, 15) is 9.18 Å².